The average Bonchev–Trinajstić information content (AvgIpc) is 2.47. The molecule has 1 heterocycles. The van der Waals surface area contributed by atoms with Crippen molar-refractivity contribution in [3.8, 4) is 5.75 Å². The van der Waals surface area contributed by atoms with E-state index in [0.29, 0.717) is 26.4 Å². The highest BCUT2D eigenvalue weighted by Crippen LogP contribution is 2.22. The van der Waals surface area contributed by atoms with Gasteiger partial charge in [0.1, 0.15) is 18.4 Å². The lowest BCUT2D eigenvalue weighted by Crippen LogP contribution is -2.53. The monoisotopic (exact) mass is 292 g/mol. The molecule has 1 aromatic carbocycles. The zero-order valence-electron chi connectivity index (χ0n) is 12.9. The molecule has 0 saturated carbocycles. The second-order valence-electron chi connectivity index (χ2n) is 5.52. The number of hydrogen-bond donors (Lipinski definition) is 2. The minimum absolute atomic E-state index is 0.0349. The number of hydrogen-bond acceptors (Lipinski definition) is 4. The lowest BCUT2D eigenvalue weighted by Gasteiger charge is -2.25. The van der Waals surface area contributed by atoms with E-state index in [9.17, 15) is 4.79 Å². The van der Waals surface area contributed by atoms with Crippen molar-refractivity contribution in [2.24, 2.45) is 0 Å². The van der Waals surface area contributed by atoms with E-state index in [1.165, 1.54) is 0 Å². The zero-order chi connectivity index (χ0) is 15.2. The number of carbonyl (C=O) groups excluding carboxylic acids is 1. The van der Waals surface area contributed by atoms with Gasteiger partial charge in [-0.1, -0.05) is 18.2 Å². The fourth-order valence-electron chi connectivity index (χ4n) is 2.35. The van der Waals surface area contributed by atoms with E-state index in [1.54, 1.807) is 0 Å². The van der Waals surface area contributed by atoms with Gasteiger partial charge in [0.05, 0.1) is 19.3 Å². The van der Waals surface area contributed by atoms with Crippen LogP contribution in [-0.4, -0.2) is 44.4 Å². The average molecular weight is 292 g/mol. The standard InChI is InChI=1S/C16H24N2O3/c1-11-5-4-6-12(2)15(11)21-9-13(3)18-16(19)14-10-20-8-7-17-14/h4-6,13-14,17H,7-10H2,1-3H3,(H,18,19). The van der Waals surface area contributed by atoms with Crippen molar-refractivity contribution in [2.45, 2.75) is 32.9 Å². The smallest absolute Gasteiger partial charge is 0.239 e. The molecule has 1 aromatic rings. The molecule has 21 heavy (non-hydrogen) atoms. The van der Waals surface area contributed by atoms with Crippen molar-refractivity contribution in [3.05, 3.63) is 29.3 Å². The summed E-state index contributed by atoms with van der Waals surface area (Å²) in [5.41, 5.74) is 2.21. The normalized spacial score (nSPS) is 19.9. The van der Waals surface area contributed by atoms with Crippen LogP contribution in [0.1, 0.15) is 18.1 Å². The highest BCUT2D eigenvalue weighted by atomic mass is 16.5. The Morgan fingerprint density at radius 3 is 2.81 bits per heavy atom. The maximum absolute atomic E-state index is 12.0. The van der Waals surface area contributed by atoms with Crippen LogP contribution >= 0.6 is 0 Å². The molecule has 0 radical (unpaired) electrons. The SMILES string of the molecule is Cc1cccc(C)c1OCC(C)NC(=O)C1COCCN1. The molecule has 2 rings (SSSR count). The Morgan fingerprint density at radius 2 is 2.19 bits per heavy atom. The van der Waals surface area contributed by atoms with Gasteiger partial charge >= 0.3 is 0 Å². The molecule has 2 unspecified atom stereocenters. The fourth-order valence-corrected chi connectivity index (χ4v) is 2.35. The minimum atomic E-state index is -0.263. The van der Waals surface area contributed by atoms with Gasteiger partial charge in [-0.05, 0) is 31.9 Å². The van der Waals surface area contributed by atoms with E-state index in [1.807, 2.05) is 39.0 Å². The number of para-hydroxylation sites is 1. The molecule has 0 bridgehead atoms. The summed E-state index contributed by atoms with van der Waals surface area (Å²) in [5, 5.41) is 6.09. The summed E-state index contributed by atoms with van der Waals surface area (Å²) >= 11 is 0. The molecular formula is C16H24N2O3. The van der Waals surface area contributed by atoms with Crippen molar-refractivity contribution in [1.82, 2.24) is 10.6 Å². The number of nitrogens with one attached hydrogen (secondary N) is 2. The summed E-state index contributed by atoms with van der Waals surface area (Å²) in [4.78, 5) is 12.0. The van der Waals surface area contributed by atoms with Gasteiger partial charge in [0.25, 0.3) is 0 Å². The number of ether oxygens (including phenoxy) is 2. The molecule has 5 nitrogen and oxygen atoms in total. The van der Waals surface area contributed by atoms with Crippen molar-refractivity contribution in [2.75, 3.05) is 26.4 Å². The third-order valence-electron chi connectivity index (χ3n) is 3.51. The van der Waals surface area contributed by atoms with Gasteiger partial charge in [0, 0.05) is 6.54 Å². The first-order chi connectivity index (χ1) is 10.1. The van der Waals surface area contributed by atoms with Gasteiger partial charge in [-0.25, -0.2) is 0 Å². The molecule has 0 spiro atoms. The maximum Gasteiger partial charge on any atom is 0.239 e. The predicted octanol–water partition coefficient (Wildman–Crippen LogP) is 1.18. The van der Waals surface area contributed by atoms with Crippen molar-refractivity contribution < 1.29 is 14.3 Å². The topological polar surface area (TPSA) is 59.6 Å². The van der Waals surface area contributed by atoms with E-state index in [-0.39, 0.29) is 18.0 Å². The van der Waals surface area contributed by atoms with Gasteiger partial charge in [0.2, 0.25) is 5.91 Å². The van der Waals surface area contributed by atoms with Crippen LogP contribution in [0.25, 0.3) is 0 Å². The van der Waals surface area contributed by atoms with Gasteiger partial charge in [-0.15, -0.1) is 0 Å². The molecule has 2 atom stereocenters. The molecule has 1 aliphatic heterocycles. The lowest BCUT2D eigenvalue weighted by molar-refractivity contribution is -0.126. The Morgan fingerprint density at radius 1 is 1.48 bits per heavy atom. The van der Waals surface area contributed by atoms with Crippen LogP contribution in [0.5, 0.6) is 5.75 Å². The van der Waals surface area contributed by atoms with E-state index in [2.05, 4.69) is 10.6 Å². The molecule has 1 saturated heterocycles. The van der Waals surface area contributed by atoms with Gasteiger partial charge < -0.3 is 20.1 Å². The van der Waals surface area contributed by atoms with E-state index >= 15 is 0 Å². The minimum Gasteiger partial charge on any atom is -0.491 e. The van der Waals surface area contributed by atoms with Crippen LogP contribution in [0.3, 0.4) is 0 Å². The first kappa shape index (κ1) is 15.8. The zero-order valence-corrected chi connectivity index (χ0v) is 12.9. The maximum atomic E-state index is 12.0. The second-order valence-corrected chi connectivity index (χ2v) is 5.52. The number of morpholine rings is 1. The Labute approximate surface area is 126 Å². The first-order valence-electron chi connectivity index (χ1n) is 7.38. The molecule has 0 aliphatic carbocycles. The Kier molecular flexibility index (Phi) is 5.59. The summed E-state index contributed by atoms with van der Waals surface area (Å²) < 4.78 is 11.1. The molecule has 2 N–H and O–H groups in total. The molecule has 1 amide bonds. The van der Waals surface area contributed by atoms with Gasteiger partial charge in [0.15, 0.2) is 0 Å². The molecule has 116 valence electrons. The van der Waals surface area contributed by atoms with Crippen LogP contribution in [0.4, 0.5) is 0 Å². The third-order valence-corrected chi connectivity index (χ3v) is 3.51. The van der Waals surface area contributed by atoms with Gasteiger partial charge in [-0.2, -0.15) is 0 Å². The molecule has 1 aliphatic rings. The molecular weight excluding hydrogens is 268 g/mol. The quantitative estimate of drug-likeness (QED) is 0.855. The summed E-state index contributed by atoms with van der Waals surface area (Å²) in [7, 11) is 0. The highest BCUT2D eigenvalue weighted by molar-refractivity contribution is 5.82. The number of carbonyl (C=O) groups is 1. The summed E-state index contributed by atoms with van der Waals surface area (Å²) in [5.74, 6) is 0.866. The largest absolute Gasteiger partial charge is 0.491 e. The number of amides is 1. The van der Waals surface area contributed by atoms with E-state index in [4.69, 9.17) is 9.47 Å². The third kappa shape index (κ3) is 4.44. The molecule has 1 fully saturated rings. The van der Waals surface area contributed by atoms with E-state index < -0.39 is 0 Å². The highest BCUT2D eigenvalue weighted by Gasteiger charge is 2.22. The van der Waals surface area contributed by atoms with Crippen LogP contribution in [0.15, 0.2) is 18.2 Å². The Bertz CT molecular complexity index is 464. The molecule has 0 aromatic heterocycles. The van der Waals surface area contributed by atoms with Crippen LogP contribution in [-0.2, 0) is 9.53 Å². The summed E-state index contributed by atoms with van der Waals surface area (Å²) in [6.45, 7) is 8.24. The van der Waals surface area contributed by atoms with Crippen molar-refractivity contribution in [3.63, 3.8) is 0 Å². The number of aryl methyl sites for hydroxylation is 2. The first-order valence-corrected chi connectivity index (χ1v) is 7.38. The van der Waals surface area contributed by atoms with Gasteiger partial charge in [-0.3, -0.25) is 4.79 Å². The van der Waals surface area contributed by atoms with Crippen molar-refractivity contribution in [1.29, 1.82) is 0 Å². The predicted molar refractivity (Wildman–Crippen MR) is 81.6 cm³/mol. The van der Waals surface area contributed by atoms with Crippen molar-refractivity contribution >= 4 is 5.91 Å². The number of benzene rings is 1. The second kappa shape index (κ2) is 7.43. The molecule has 5 heteroatoms. The fraction of sp³-hybridized carbons (Fsp3) is 0.562. The summed E-state index contributed by atoms with van der Waals surface area (Å²) in [6.07, 6.45) is 0. The number of rotatable bonds is 5. The summed E-state index contributed by atoms with van der Waals surface area (Å²) in [6, 6.07) is 5.74. The van der Waals surface area contributed by atoms with E-state index in [0.717, 1.165) is 16.9 Å². The Hall–Kier alpha value is -1.59. The van der Waals surface area contributed by atoms with Crippen LogP contribution < -0.4 is 15.4 Å². The Balaban J connectivity index is 1.81. The lowest BCUT2D eigenvalue weighted by atomic mass is 10.1. The van der Waals surface area contributed by atoms with Crippen LogP contribution in [0, 0.1) is 13.8 Å². The van der Waals surface area contributed by atoms with Crippen LogP contribution in [0.2, 0.25) is 0 Å².